The molecule has 0 aliphatic carbocycles. The summed E-state index contributed by atoms with van der Waals surface area (Å²) in [5.74, 6) is 0. The Labute approximate surface area is 106 Å². The zero-order valence-corrected chi connectivity index (χ0v) is 11.3. The van der Waals surface area contributed by atoms with Gasteiger partial charge in [0.1, 0.15) is 0 Å². The summed E-state index contributed by atoms with van der Waals surface area (Å²) in [6, 6.07) is 9.16. The van der Waals surface area contributed by atoms with E-state index < -0.39 is 0 Å². The van der Waals surface area contributed by atoms with Gasteiger partial charge in [-0.05, 0) is 43.6 Å². The van der Waals surface area contributed by atoms with Crippen LogP contribution in [0, 0.1) is 6.92 Å². The highest BCUT2D eigenvalue weighted by atomic mass is 32.1. The van der Waals surface area contributed by atoms with Crippen LogP contribution in [0.25, 0.3) is 10.1 Å². The third-order valence-electron chi connectivity index (χ3n) is 3.49. The Balaban J connectivity index is 1.89. The van der Waals surface area contributed by atoms with E-state index in [1.54, 1.807) is 0 Å². The van der Waals surface area contributed by atoms with Crippen LogP contribution < -0.4 is 4.90 Å². The number of piperazine rings is 1. The molecule has 3 rings (SSSR count). The van der Waals surface area contributed by atoms with Crippen LogP contribution in [0.4, 0.5) is 5.69 Å². The molecular weight excluding hydrogens is 228 g/mol. The smallest absolute Gasteiger partial charge is 0.0374 e. The summed E-state index contributed by atoms with van der Waals surface area (Å²) in [7, 11) is 2.20. The van der Waals surface area contributed by atoms with Gasteiger partial charge in [-0.25, -0.2) is 0 Å². The summed E-state index contributed by atoms with van der Waals surface area (Å²) in [6.07, 6.45) is 0. The number of rotatable bonds is 1. The number of thiophene rings is 1. The Bertz CT molecular complexity index is 524. The van der Waals surface area contributed by atoms with E-state index in [1.807, 2.05) is 11.3 Å². The first-order chi connectivity index (χ1) is 8.22. The highest BCUT2D eigenvalue weighted by Crippen LogP contribution is 2.29. The second kappa shape index (κ2) is 4.31. The molecule has 2 aromatic rings. The molecule has 1 saturated heterocycles. The minimum absolute atomic E-state index is 1.14. The molecule has 90 valence electrons. The minimum Gasteiger partial charge on any atom is -0.369 e. The average Bonchev–Trinajstić information content (AvgIpc) is 2.69. The number of benzene rings is 1. The van der Waals surface area contributed by atoms with E-state index in [1.165, 1.54) is 33.7 Å². The maximum absolute atomic E-state index is 2.49. The molecule has 1 fully saturated rings. The van der Waals surface area contributed by atoms with E-state index in [9.17, 15) is 0 Å². The number of likely N-dealkylation sites (N-methyl/N-ethyl adjacent to an activating group) is 1. The molecule has 2 heterocycles. The molecule has 1 aromatic carbocycles. The van der Waals surface area contributed by atoms with E-state index in [0.29, 0.717) is 0 Å². The fourth-order valence-corrected chi connectivity index (χ4v) is 3.33. The molecule has 0 bridgehead atoms. The molecule has 1 aliphatic heterocycles. The maximum Gasteiger partial charge on any atom is 0.0374 e. The summed E-state index contributed by atoms with van der Waals surface area (Å²) in [5.41, 5.74) is 1.38. The molecule has 2 nitrogen and oxygen atoms in total. The second-order valence-electron chi connectivity index (χ2n) is 4.87. The van der Waals surface area contributed by atoms with Gasteiger partial charge in [0.2, 0.25) is 0 Å². The monoisotopic (exact) mass is 246 g/mol. The van der Waals surface area contributed by atoms with Crippen molar-refractivity contribution in [3.05, 3.63) is 29.1 Å². The van der Waals surface area contributed by atoms with Crippen LogP contribution in [0.3, 0.4) is 0 Å². The third-order valence-corrected chi connectivity index (χ3v) is 4.52. The number of hydrogen-bond donors (Lipinski definition) is 0. The number of aryl methyl sites for hydroxylation is 1. The second-order valence-corrected chi connectivity index (χ2v) is 6.16. The predicted molar refractivity (Wildman–Crippen MR) is 76.3 cm³/mol. The Morgan fingerprint density at radius 2 is 1.82 bits per heavy atom. The van der Waals surface area contributed by atoms with E-state index >= 15 is 0 Å². The lowest BCUT2D eigenvalue weighted by atomic mass is 10.2. The van der Waals surface area contributed by atoms with Crippen LogP contribution in [0.1, 0.15) is 4.88 Å². The molecule has 0 spiro atoms. The highest BCUT2D eigenvalue weighted by molar-refractivity contribution is 7.19. The van der Waals surface area contributed by atoms with Crippen molar-refractivity contribution in [2.45, 2.75) is 6.92 Å². The first-order valence-corrected chi connectivity index (χ1v) is 6.98. The topological polar surface area (TPSA) is 6.48 Å². The Kier molecular flexibility index (Phi) is 2.81. The molecular formula is C14H18N2S. The predicted octanol–water partition coefficient (Wildman–Crippen LogP) is 2.96. The van der Waals surface area contributed by atoms with Crippen LogP contribution in [0.5, 0.6) is 0 Å². The minimum atomic E-state index is 1.14. The Hall–Kier alpha value is -1.06. The van der Waals surface area contributed by atoms with Gasteiger partial charge in [0.15, 0.2) is 0 Å². The number of fused-ring (bicyclic) bond motifs is 1. The SMILES string of the molecule is Cc1cc2cc(N3CCN(C)CC3)ccc2s1. The van der Waals surface area contributed by atoms with E-state index in [4.69, 9.17) is 0 Å². The Morgan fingerprint density at radius 1 is 1.06 bits per heavy atom. The zero-order valence-electron chi connectivity index (χ0n) is 10.4. The molecule has 0 atom stereocenters. The van der Waals surface area contributed by atoms with Gasteiger partial charge < -0.3 is 9.80 Å². The maximum atomic E-state index is 2.49. The number of nitrogens with zero attached hydrogens (tertiary/aromatic N) is 2. The normalized spacial score (nSPS) is 17.9. The van der Waals surface area contributed by atoms with Crippen molar-refractivity contribution >= 4 is 27.1 Å². The molecule has 0 saturated carbocycles. The first-order valence-electron chi connectivity index (χ1n) is 6.16. The molecule has 1 aromatic heterocycles. The lowest BCUT2D eigenvalue weighted by Crippen LogP contribution is -2.44. The summed E-state index contributed by atoms with van der Waals surface area (Å²) in [4.78, 5) is 6.28. The van der Waals surface area contributed by atoms with Crippen LogP contribution >= 0.6 is 11.3 Å². The van der Waals surface area contributed by atoms with Crippen molar-refractivity contribution in [2.24, 2.45) is 0 Å². The van der Waals surface area contributed by atoms with E-state index in [0.717, 1.165) is 13.1 Å². The standard InChI is InChI=1S/C14H18N2S/c1-11-9-12-10-13(3-4-14(12)17-11)16-7-5-15(2)6-8-16/h3-4,9-10H,5-8H2,1-2H3. The van der Waals surface area contributed by atoms with E-state index in [-0.39, 0.29) is 0 Å². The van der Waals surface area contributed by atoms with Crippen LogP contribution in [0.2, 0.25) is 0 Å². The van der Waals surface area contributed by atoms with Crippen LogP contribution in [0.15, 0.2) is 24.3 Å². The fourth-order valence-electron chi connectivity index (χ4n) is 2.42. The van der Waals surface area contributed by atoms with Gasteiger partial charge in [-0.1, -0.05) is 0 Å². The zero-order chi connectivity index (χ0) is 11.8. The summed E-state index contributed by atoms with van der Waals surface area (Å²) >= 11 is 1.88. The van der Waals surface area contributed by atoms with Gasteiger partial charge in [-0.2, -0.15) is 0 Å². The van der Waals surface area contributed by atoms with Crippen molar-refractivity contribution < 1.29 is 0 Å². The lowest BCUT2D eigenvalue weighted by Gasteiger charge is -2.34. The third kappa shape index (κ3) is 2.17. The quantitative estimate of drug-likeness (QED) is 0.763. The van der Waals surface area contributed by atoms with Gasteiger partial charge in [0.25, 0.3) is 0 Å². The molecule has 1 aliphatic rings. The highest BCUT2D eigenvalue weighted by Gasteiger charge is 2.14. The van der Waals surface area contributed by atoms with Crippen LogP contribution in [-0.2, 0) is 0 Å². The molecule has 0 unspecified atom stereocenters. The van der Waals surface area contributed by atoms with Crippen LogP contribution in [-0.4, -0.2) is 38.1 Å². The van der Waals surface area contributed by atoms with Crippen molar-refractivity contribution in [3.63, 3.8) is 0 Å². The average molecular weight is 246 g/mol. The molecule has 0 amide bonds. The van der Waals surface area contributed by atoms with Crippen molar-refractivity contribution in [1.82, 2.24) is 4.90 Å². The summed E-state index contributed by atoms with van der Waals surface area (Å²) in [6.45, 7) is 6.80. The number of anilines is 1. The number of hydrogen-bond acceptors (Lipinski definition) is 3. The van der Waals surface area contributed by atoms with Crippen molar-refractivity contribution in [2.75, 3.05) is 38.1 Å². The van der Waals surface area contributed by atoms with Gasteiger partial charge in [0, 0.05) is 41.4 Å². The first kappa shape index (κ1) is 11.1. The molecule has 0 N–H and O–H groups in total. The Morgan fingerprint density at radius 3 is 2.59 bits per heavy atom. The molecule has 0 radical (unpaired) electrons. The molecule has 3 heteroatoms. The van der Waals surface area contributed by atoms with Gasteiger partial charge in [-0.15, -0.1) is 11.3 Å². The summed E-state index contributed by atoms with van der Waals surface area (Å²) in [5, 5.41) is 1.39. The van der Waals surface area contributed by atoms with Gasteiger partial charge >= 0.3 is 0 Å². The molecule has 17 heavy (non-hydrogen) atoms. The van der Waals surface area contributed by atoms with Crippen molar-refractivity contribution in [1.29, 1.82) is 0 Å². The summed E-state index contributed by atoms with van der Waals surface area (Å²) < 4.78 is 1.40. The van der Waals surface area contributed by atoms with Gasteiger partial charge in [-0.3, -0.25) is 0 Å². The fraction of sp³-hybridized carbons (Fsp3) is 0.429. The van der Waals surface area contributed by atoms with Crippen molar-refractivity contribution in [3.8, 4) is 0 Å². The van der Waals surface area contributed by atoms with E-state index in [2.05, 4.69) is 48.0 Å². The lowest BCUT2D eigenvalue weighted by molar-refractivity contribution is 0.313. The largest absolute Gasteiger partial charge is 0.369 e. The van der Waals surface area contributed by atoms with Gasteiger partial charge in [0.05, 0.1) is 0 Å².